The highest BCUT2D eigenvalue weighted by Crippen LogP contribution is 2.33. The molecule has 2 aromatic rings. The van der Waals surface area contributed by atoms with Crippen molar-refractivity contribution in [3.05, 3.63) is 53.1 Å². The second kappa shape index (κ2) is 7.25. The third kappa shape index (κ3) is 3.91. The van der Waals surface area contributed by atoms with E-state index in [2.05, 4.69) is 10.1 Å². The summed E-state index contributed by atoms with van der Waals surface area (Å²) in [4.78, 5) is 23.9. The SMILES string of the molecule is COC(=O)c1cccc(NC(=O)Cc2cc3c(cc2C)OCCO3)c1. The molecule has 130 valence electrons. The fraction of sp³-hybridized carbons (Fsp3) is 0.263. The molecule has 1 N–H and O–H groups in total. The van der Waals surface area contributed by atoms with E-state index in [0.717, 1.165) is 11.1 Å². The van der Waals surface area contributed by atoms with E-state index in [1.165, 1.54) is 7.11 Å². The van der Waals surface area contributed by atoms with Gasteiger partial charge in [-0.2, -0.15) is 0 Å². The van der Waals surface area contributed by atoms with Crippen molar-refractivity contribution in [3.63, 3.8) is 0 Å². The lowest BCUT2D eigenvalue weighted by molar-refractivity contribution is -0.115. The molecule has 1 heterocycles. The van der Waals surface area contributed by atoms with Crippen LogP contribution in [0.4, 0.5) is 5.69 Å². The molecule has 0 bridgehead atoms. The Morgan fingerprint density at radius 3 is 2.56 bits per heavy atom. The highest BCUT2D eigenvalue weighted by molar-refractivity contribution is 5.95. The molecule has 1 aliphatic heterocycles. The minimum atomic E-state index is -0.446. The van der Waals surface area contributed by atoms with E-state index < -0.39 is 5.97 Å². The maximum Gasteiger partial charge on any atom is 0.337 e. The number of fused-ring (bicyclic) bond motifs is 1. The van der Waals surface area contributed by atoms with Gasteiger partial charge in [-0.3, -0.25) is 4.79 Å². The number of carbonyl (C=O) groups excluding carboxylic acids is 2. The third-order valence-corrected chi connectivity index (χ3v) is 3.92. The largest absolute Gasteiger partial charge is 0.486 e. The summed E-state index contributed by atoms with van der Waals surface area (Å²) in [6.45, 7) is 2.96. The Bertz CT molecular complexity index is 815. The minimum absolute atomic E-state index is 0.179. The number of benzene rings is 2. The van der Waals surface area contributed by atoms with Crippen molar-refractivity contribution in [2.45, 2.75) is 13.3 Å². The van der Waals surface area contributed by atoms with Crippen LogP contribution in [0.2, 0.25) is 0 Å². The molecular formula is C19H19NO5. The number of nitrogens with one attached hydrogen (secondary N) is 1. The molecule has 25 heavy (non-hydrogen) atoms. The maximum atomic E-state index is 12.4. The first-order chi connectivity index (χ1) is 12.1. The van der Waals surface area contributed by atoms with Gasteiger partial charge in [0.2, 0.25) is 5.91 Å². The van der Waals surface area contributed by atoms with Gasteiger partial charge in [0, 0.05) is 5.69 Å². The van der Waals surface area contributed by atoms with Crippen molar-refractivity contribution in [3.8, 4) is 11.5 Å². The summed E-state index contributed by atoms with van der Waals surface area (Å²) < 4.78 is 15.8. The standard InChI is InChI=1S/C19H19NO5/c1-12-8-16-17(25-7-6-24-16)10-14(12)11-18(21)20-15-5-3-4-13(9-15)19(22)23-2/h3-5,8-10H,6-7,11H2,1-2H3,(H,20,21). The Balaban J connectivity index is 1.72. The molecule has 0 fully saturated rings. The zero-order valence-corrected chi connectivity index (χ0v) is 14.1. The van der Waals surface area contributed by atoms with Gasteiger partial charge in [0.1, 0.15) is 13.2 Å². The predicted octanol–water partition coefficient (Wildman–Crippen LogP) is 2.73. The Kier molecular flexibility index (Phi) is 4.88. The van der Waals surface area contributed by atoms with Crippen LogP contribution in [0.5, 0.6) is 11.5 Å². The lowest BCUT2D eigenvalue weighted by Gasteiger charge is -2.20. The molecule has 0 saturated carbocycles. The maximum absolute atomic E-state index is 12.4. The van der Waals surface area contributed by atoms with E-state index in [1.807, 2.05) is 19.1 Å². The fourth-order valence-electron chi connectivity index (χ4n) is 2.64. The van der Waals surface area contributed by atoms with Gasteiger partial charge in [-0.25, -0.2) is 4.79 Å². The van der Waals surface area contributed by atoms with Crippen LogP contribution in [-0.4, -0.2) is 32.2 Å². The van der Waals surface area contributed by atoms with Crippen LogP contribution in [0.1, 0.15) is 21.5 Å². The summed E-state index contributed by atoms with van der Waals surface area (Å²) in [5.74, 6) is 0.742. The predicted molar refractivity (Wildman–Crippen MR) is 92.3 cm³/mol. The summed E-state index contributed by atoms with van der Waals surface area (Å²) in [6.07, 6.45) is 0.199. The molecule has 6 heteroatoms. The topological polar surface area (TPSA) is 73.9 Å². The molecule has 2 aromatic carbocycles. The highest BCUT2D eigenvalue weighted by atomic mass is 16.6. The van der Waals surface area contributed by atoms with Crippen molar-refractivity contribution < 1.29 is 23.8 Å². The zero-order chi connectivity index (χ0) is 17.8. The minimum Gasteiger partial charge on any atom is -0.486 e. The van der Waals surface area contributed by atoms with Crippen LogP contribution < -0.4 is 14.8 Å². The van der Waals surface area contributed by atoms with Gasteiger partial charge in [-0.05, 0) is 48.4 Å². The molecule has 0 atom stereocenters. The molecule has 0 aliphatic carbocycles. The first kappa shape index (κ1) is 16.8. The first-order valence-electron chi connectivity index (χ1n) is 7.94. The Labute approximate surface area is 145 Å². The molecular weight excluding hydrogens is 322 g/mol. The molecule has 0 saturated heterocycles. The number of anilines is 1. The molecule has 1 aliphatic rings. The van der Waals surface area contributed by atoms with Crippen LogP contribution in [-0.2, 0) is 16.0 Å². The van der Waals surface area contributed by atoms with Gasteiger partial charge in [0.05, 0.1) is 19.1 Å². The Morgan fingerprint density at radius 2 is 1.84 bits per heavy atom. The van der Waals surface area contributed by atoms with Crippen molar-refractivity contribution in [1.29, 1.82) is 0 Å². The Morgan fingerprint density at radius 1 is 1.12 bits per heavy atom. The van der Waals surface area contributed by atoms with Gasteiger partial charge in [-0.1, -0.05) is 6.07 Å². The molecule has 0 unspecified atom stereocenters. The molecule has 0 spiro atoms. The summed E-state index contributed by atoms with van der Waals surface area (Å²) in [5.41, 5.74) is 2.76. The van der Waals surface area contributed by atoms with Crippen molar-refractivity contribution >= 4 is 17.6 Å². The van der Waals surface area contributed by atoms with Crippen molar-refractivity contribution in [1.82, 2.24) is 0 Å². The second-order valence-corrected chi connectivity index (χ2v) is 5.72. The van der Waals surface area contributed by atoms with E-state index in [-0.39, 0.29) is 12.3 Å². The average Bonchev–Trinajstić information content (AvgIpc) is 2.61. The number of aryl methyl sites for hydroxylation is 1. The number of hydrogen-bond acceptors (Lipinski definition) is 5. The quantitative estimate of drug-likeness (QED) is 0.866. The van der Waals surface area contributed by atoms with E-state index in [0.29, 0.717) is 36.0 Å². The van der Waals surface area contributed by atoms with Crippen LogP contribution in [0.25, 0.3) is 0 Å². The van der Waals surface area contributed by atoms with Crippen molar-refractivity contribution in [2.24, 2.45) is 0 Å². The smallest absolute Gasteiger partial charge is 0.337 e. The summed E-state index contributed by atoms with van der Waals surface area (Å²) in [5, 5.41) is 2.80. The summed E-state index contributed by atoms with van der Waals surface area (Å²) in [7, 11) is 1.32. The molecule has 3 rings (SSSR count). The lowest BCUT2D eigenvalue weighted by atomic mass is 10.0. The third-order valence-electron chi connectivity index (χ3n) is 3.92. The van der Waals surface area contributed by atoms with Gasteiger partial charge in [0.25, 0.3) is 0 Å². The molecule has 6 nitrogen and oxygen atoms in total. The van der Waals surface area contributed by atoms with Gasteiger partial charge >= 0.3 is 5.97 Å². The highest BCUT2D eigenvalue weighted by Gasteiger charge is 2.16. The van der Waals surface area contributed by atoms with Crippen molar-refractivity contribution in [2.75, 3.05) is 25.6 Å². The molecule has 0 radical (unpaired) electrons. The summed E-state index contributed by atoms with van der Waals surface area (Å²) in [6, 6.07) is 10.4. The molecule has 1 amide bonds. The lowest BCUT2D eigenvalue weighted by Crippen LogP contribution is -2.18. The van der Waals surface area contributed by atoms with Crippen LogP contribution in [0, 0.1) is 6.92 Å². The van der Waals surface area contributed by atoms with Gasteiger partial charge < -0.3 is 19.5 Å². The molecule has 0 aromatic heterocycles. The van der Waals surface area contributed by atoms with E-state index in [9.17, 15) is 9.59 Å². The fourth-order valence-corrected chi connectivity index (χ4v) is 2.64. The van der Waals surface area contributed by atoms with E-state index in [4.69, 9.17) is 9.47 Å². The van der Waals surface area contributed by atoms with Crippen LogP contribution >= 0.6 is 0 Å². The Hall–Kier alpha value is -3.02. The number of carbonyl (C=O) groups is 2. The monoisotopic (exact) mass is 341 g/mol. The zero-order valence-electron chi connectivity index (χ0n) is 14.1. The van der Waals surface area contributed by atoms with E-state index >= 15 is 0 Å². The summed E-state index contributed by atoms with van der Waals surface area (Å²) >= 11 is 0. The number of rotatable bonds is 4. The second-order valence-electron chi connectivity index (χ2n) is 5.72. The number of ether oxygens (including phenoxy) is 3. The van der Waals surface area contributed by atoms with Gasteiger partial charge in [0.15, 0.2) is 11.5 Å². The average molecular weight is 341 g/mol. The normalized spacial score (nSPS) is 12.4. The van der Waals surface area contributed by atoms with Gasteiger partial charge in [-0.15, -0.1) is 0 Å². The van der Waals surface area contributed by atoms with E-state index in [1.54, 1.807) is 24.3 Å². The first-order valence-corrected chi connectivity index (χ1v) is 7.94. The number of hydrogen-bond donors (Lipinski definition) is 1. The number of amides is 1. The number of methoxy groups -OCH3 is 1. The van der Waals surface area contributed by atoms with Crippen LogP contribution in [0.15, 0.2) is 36.4 Å². The number of esters is 1. The van der Waals surface area contributed by atoms with Crippen LogP contribution in [0.3, 0.4) is 0 Å².